The summed E-state index contributed by atoms with van der Waals surface area (Å²) in [6, 6.07) is -1.13. The largest absolute Gasteiger partial charge is 0.349 e. The number of hydrogen-bond acceptors (Lipinski definition) is 1. The van der Waals surface area contributed by atoms with E-state index in [0.717, 1.165) is 12.8 Å². The van der Waals surface area contributed by atoms with E-state index in [9.17, 15) is 4.79 Å². The molecule has 0 radical (unpaired) electrons. The van der Waals surface area contributed by atoms with E-state index in [1.54, 1.807) is 0 Å². The molecule has 3 heteroatoms. The Morgan fingerprint density at radius 3 is 2.92 bits per heavy atom. The summed E-state index contributed by atoms with van der Waals surface area (Å²) >= 11 is 3.06. The molecule has 1 aliphatic rings. The lowest BCUT2D eigenvalue weighted by atomic mass is 10.2. The second-order valence-corrected chi connectivity index (χ2v) is 3.73. The van der Waals surface area contributed by atoms with Crippen LogP contribution in [0.1, 0.15) is 28.7 Å². The highest BCUT2D eigenvalue weighted by atomic mass is 79.9. The lowest BCUT2D eigenvalue weighted by molar-refractivity contribution is 0.0950. The van der Waals surface area contributed by atoms with Crippen LogP contribution in [0.4, 0.5) is 0 Å². The molecular formula is C10H10BrNO. The second kappa shape index (κ2) is 3.50. The van der Waals surface area contributed by atoms with Crippen molar-refractivity contribution in [1.82, 2.24) is 5.32 Å². The summed E-state index contributed by atoms with van der Waals surface area (Å²) in [5.74, 6) is -0.452. The number of carbonyl (C=O) groups excluding carboxylic acids is 1. The Balaban J connectivity index is 2.48. The minimum atomic E-state index is -0.452. The van der Waals surface area contributed by atoms with Gasteiger partial charge < -0.3 is 5.32 Å². The third-order valence-electron chi connectivity index (χ3n) is 1.78. The molecule has 1 N–H and O–H groups in total. The fourth-order valence-corrected chi connectivity index (χ4v) is 1.32. The van der Waals surface area contributed by atoms with Crippen molar-refractivity contribution in [2.24, 2.45) is 0 Å². The SMILES string of the molecule is [2H]c1c([2H])c([2H])c(C(=O)NC2CC2)c(Br)c1[2H]. The van der Waals surface area contributed by atoms with E-state index < -0.39 is 5.91 Å². The molecule has 2 nitrogen and oxygen atoms in total. The number of hydrogen-bond donors (Lipinski definition) is 1. The zero-order valence-corrected chi connectivity index (χ0v) is 8.36. The first kappa shape index (κ1) is 5.15. The Labute approximate surface area is 91.1 Å². The molecule has 2 rings (SSSR count). The average Bonchev–Trinajstić information content (AvgIpc) is 3.08. The van der Waals surface area contributed by atoms with Crippen LogP contribution in [-0.2, 0) is 0 Å². The van der Waals surface area contributed by atoms with Crippen LogP contribution >= 0.6 is 15.9 Å². The number of rotatable bonds is 2. The minimum Gasteiger partial charge on any atom is -0.349 e. The Morgan fingerprint density at radius 2 is 2.23 bits per heavy atom. The zero-order chi connectivity index (χ0) is 12.7. The van der Waals surface area contributed by atoms with Crippen LogP contribution in [0.15, 0.2) is 28.6 Å². The summed E-state index contributed by atoms with van der Waals surface area (Å²) in [5.41, 5.74) is -0.0251. The van der Waals surface area contributed by atoms with E-state index >= 15 is 0 Å². The molecule has 1 aromatic carbocycles. The van der Waals surface area contributed by atoms with E-state index in [1.807, 2.05) is 0 Å². The van der Waals surface area contributed by atoms with Crippen molar-refractivity contribution in [3.8, 4) is 0 Å². The Kier molecular flexibility index (Phi) is 1.39. The van der Waals surface area contributed by atoms with Gasteiger partial charge in [0.25, 0.3) is 5.91 Å². The van der Waals surface area contributed by atoms with Gasteiger partial charge in [-0.3, -0.25) is 4.79 Å². The molecule has 0 spiro atoms. The first-order valence-electron chi connectivity index (χ1n) is 6.00. The third-order valence-corrected chi connectivity index (χ3v) is 2.38. The first-order chi connectivity index (χ1) is 7.93. The van der Waals surface area contributed by atoms with Crippen LogP contribution in [0.5, 0.6) is 0 Å². The quantitative estimate of drug-likeness (QED) is 0.849. The van der Waals surface area contributed by atoms with Gasteiger partial charge in [0.15, 0.2) is 0 Å². The number of benzene rings is 1. The molecule has 1 aliphatic carbocycles. The topological polar surface area (TPSA) is 29.1 Å². The summed E-state index contributed by atoms with van der Waals surface area (Å²) in [6.07, 6.45) is 1.85. The molecule has 13 heavy (non-hydrogen) atoms. The van der Waals surface area contributed by atoms with E-state index in [4.69, 9.17) is 5.48 Å². The molecule has 1 saturated carbocycles. The van der Waals surface area contributed by atoms with Crippen molar-refractivity contribution in [3.63, 3.8) is 0 Å². The number of halogens is 1. The molecule has 1 fully saturated rings. The molecule has 68 valence electrons. The van der Waals surface area contributed by atoms with Crippen LogP contribution in [0.25, 0.3) is 0 Å². The smallest absolute Gasteiger partial charge is 0.252 e. The first-order valence-corrected chi connectivity index (χ1v) is 4.79. The van der Waals surface area contributed by atoms with Gasteiger partial charge in [0.05, 0.1) is 11.0 Å². The summed E-state index contributed by atoms with van der Waals surface area (Å²) in [6.45, 7) is 0. The van der Waals surface area contributed by atoms with Crippen molar-refractivity contribution >= 4 is 21.8 Å². The lowest BCUT2D eigenvalue weighted by Gasteiger charge is -2.04. The van der Waals surface area contributed by atoms with Gasteiger partial charge in [-0.25, -0.2) is 0 Å². The van der Waals surface area contributed by atoms with Gasteiger partial charge in [-0.1, -0.05) is 12.1 Å². The van der Waals surface area contributed by atoms with Crippen molar-refractivity contribution in [2.75, 3.05) is 0 Å². The van der Waals surface area contributed by atoms with Crippen LogP contribution in [-0.4, -0.2) is 11.9 Å². The van der Waals surface area contributed by atoms with Gasteiger partial charge in [-0.2, -0.15) is 0 Å². The van der Waals surface area contributed by atoms with E-state index in [-0.39, 0.29) is 40.2 Å². The van der Waals surface area contributed by atoms with E-state index in [2.05, 4.69) is 21.2 Å². The molecule has 1 amide bonds. The maximum atomic E-state index is 11.9. The average molecular weight is 244 g/mol. The normalized spacial score (nSPS) is 19.8. The molecule has 0 heterocycles. The summed E-state index contributed by atoms with van der Waals surface area (Å²) in [7, 11) is 0. The number of carbonyl (C=O) groups is 1. The van der Waals surface area contributed by atoms with Crippen molar-refractivity contribution in [2.45, 2.75) is 18.9 Å². The van der Waals surface area contributed by atoms with E-state index in [0.29, 0.717) is 0 Å². The monoisotopic (exact) mass is 243 g/mol. The molecule has 0 saturated heterocycles. The summed E-state index contributed by atoms with van der Waals surface area (Å²) in [4.78, 5) is 11.9. The summed E-state index contributed by atoms with van der Waals surface area (Å²) < 4.78 is 30.4. The van der Waals surface area contributed by atoms with Crippen LogP contribution in [0.2, 0.25) is 0 Å². The van der Waals surface area contributed by atoms with Gasteiger partial charge in [0, 0.05) is 10.5 Å². The zero-order valence-electron chi connectivity index (χ0n) is 10.8. The van der Waals surface area contributed by atoms with Crippen molar-refractivity contribution < 1.29 is 10.3 Å². The predicted octanol–water partition coefficient (Wildman–Crippen LogP) is 2.34. The molecular weight excluding hydrogens is 230 g/mol. The van der Waals surface area contributed by atoms with E-state index in [1.165, 1.54) is 0 Å². The molecule has 0 bridgehead atoms. The van der Waals surface area contributed by atoms with Crippen LogP contribution in [0.3, 0.4) is 0 Å². The standard InChI is InChI=1S/C10H10BrNO/c11-9-4-2-1-3-8(9)10(13)12-7-5-6-7/h1-4,7H,5-6H2,(H,12,13)/i1D,2D,3D,4D. The molecule has 1 aromatic rings. The van der Waals surface area contributed by atoms with Gasteiger partial charge in [-0.15, -0.1) is 0 Å². The second-order valence-electron chi connectivity index (χ2n) is 2.94. The highest BCUT2D eigenvalue weighted by molar-refractivity contribution is 9.10. The predicted molar refractivity (Wildman–Crippen MR) is 54.6 cm³/mol. The lowest BCUT2D eigenvalue weighted by Crippen LogP contribution is -2.25. The molecule has 0 aliphatic heterocycles. The van der Waals surface area contributed by atoms with Gasteiger partial charge >= 0.3 is 0 Å². The molecule has 0 unspecified atom stereocenters. The highest BCUT2D eigenvalue weighted by Crippen LogP contribution is 2.21. The maximum Gasteiger partial charge on any atom is 0.252 e. The van der Waals surface area contributed by atoms with Crippen LogP contribution in [0, 0.1) is 0 Å². The Morgan fingerprint density at radius 1 is 1.54 bits per heavy atom. The fraction of sp³-hybridized carbons (Fsp3) is 0.300. The fourth-order valence-electron chi connectivity index (χ4n) is 0.939. The minimum absolute atomic E-state index is 0.0251. The van der Waals surface area contributed by atoms with Crippen molar-refractivity contribution in [3.05, 3.63) is 34.2 Å². The van der Waals surface area contributed by atoms with Gasteiger partial charge in [-0.05, 0) is 40.9 Å². The Bertz CT molecular complexity index is 473. The maximum absolute atomic E-state index is 11.9. The van der Waals surface area contributed by atoms with Gasteiger partial charge in [0.2, 0.25) is 0 Å². The van der Waals surface area contributed by atoms with Crippen molar-refractivity contribution in [1.29, 1.82) is 0 Å². The molecule has 0 atom stereocenters. The van der Waals surface area contributed by atoms with Gasteiger partial charge in [0.1, 0.15) is 0 Å². The number of amides is 1. The Hall–Kier alpha value is -0.830. The highest BCUT2D eigenvalue weighted by Gasteiger charge is 2.24. The summed E-state index contributed by atoms with van der Waals surface area (Å²) in [5, 5.41) is 2.71. The molecule has 0 aromatic heterocycles. The van der Waals surface area contributed by atoms with Crippen LogP contribution < -0.4 is 5.32 Å². The third kappa shape index (κ3) is 2.10. The number of nitrogens with one attached hydrogen (secondary N) is 1.